The van der Waals surface area contributed by atoms with Crippen LogP contribution in [0.4, 0.5) is 11.6 Å². The van der Waals surface area contributed by atoms with Crippen LogP contribution in [0.25, 0.3) is 10.9 Å². The second-order valence-corrected chi connectivity index (χ2v) is 8.50. The summed E-state index contributed by atoms with van der Waals surface area (Å²) in [6.07, 6.45) is 6.85. The molecule has 0 spiro atoms. The molecule has 0 amide bonds. The van der Waals surface area contributed by atoms with E-state index in [1.54, 1.807) is 12.4 Å². The van der Waals surface area contributed by atoms with Crippen LogP contribution < -0.4 is 15.8 Å². The van der Waals surface area contributed by atoms with Crippen LogP contribution in [0, 0.1) is 0 Å². The third-order valence-electron chi connectivity index (χ3n) is 6.54. The first-order valence-corrected chi connectivity index (χ1v) is 11.2. The van der Waals surface area contributed by atoms with E-state index in [4.69, 9.17) is 5.10 Å². The molecule has 1 aliphatic carbocycles. The van der Waals surface area contributed by atoms with Crippen molar-refractivity contribution >= 4 is 22.5 Å². The summed E-state index contributed by atoms with van der Waals surface area (Å²) in [6, 6.07) is 11.4. The molecular formula is C23H28N6O2. The summed E-state index contributed by atoms with van der Waals surface area (Å²) in [4.78, 5) is 23.5. The van der Waals surface area contributed by atoms with Crippen molar-refractivity contribution in [2.24, 2.45) is 0 Å². The van der Waals surface area contributed by atoms with Crippen LogP contribution in [-0.2, 0) is 0 Å². The maximum atomic E-state index is 12.4. The molecule has 1 saturated heterocycles. The Kier molecular flexibility index (Phi) is 5.55. The topological polar surface area (TPSA) is 96.2 Å². The van der Waals surface area contributed by atoms with E-state index in [0.717, 1.165) is 74.2 Å². The second-order valence-electron chi connectivity index (χ2n) is 8.50. The van der Waals surface area contributed by atoms with E-state index in [1.165, 1.54) is 4.68 Å². The molecule has 0 bridgehead atoms. The summed E-state index contributed by atoms with van der Waals surface area (Å²) in [5.74, 6) is 1.64. The van der Waals surface area contributed by atoms with Gasteiger partial charge in [-0.3, -0.25) is 4.79 Å². The number of nitrogens with one attached hydrogen (secondary N) is 1. The summed E-state index contributed by atoms with van der Waals surface area (Å²) in [5.41, 5.74) is 0.776. The van der Waals surface area contributed by atoms with Crippen molar-refractivity contribution in [2.75, 3.05) is 23.3 Å². The van der Waals surface area contributed by atoms with Gasteiger partial charge in [-0.1, -0.05) is 12.1 Å². The molecule has 2 aliphatic rings. The largest absolute Gasteiger partial charge is 0.391 e. The van der Waals surface area contributed by atoms with Gasteiger partial charge in [0.2, 0.25) is 0 Å². The Labute approximate surface area is 180 Å². The molecule has 8 nitrogen and oxygen atoms in total. The van der Waals surface area contributed by atoms with Gasteiger partial charge >= 0.3 is 0 Å². The maximum absolute atomic E-state index is 12.4. The van der Waals surface area contributed by atoms with Crippen LogP contribution in [0.15, 0.2) is 47.5 Å². The second kappa shape index (κ2) is 8.63. The van der Waals surface area contributed by atoms with E-state index < -0.39 is 6.10 Å². The van der Waals surface area contributed by atoms with Gasteiger partial charge in [-0.2, -0.15) is 5.10 Å². The molecule has 3 aromatic rings. The summed E-state index contributed by atoms with van der Waals surface area (Å²) < 4.78 is 1.50. The molecule has 162 valence electrons. The van der Waals surface area contributed by atoms with Crippen molar-refractivity contribution in [2.45, 2.75) is 56.7 Å². The lowest BCUT2D eigenvalue weighted by atomic mass is 10.0. The zero-order chi connectivity index (χ0) is 21.2. The third-order valence-corrected chi connectivity index (χ3v) is 6.54. The van der Waals surface area contributed by atoms with E-state index in [0.29, 0.717) is 0 Å². The zero-order valence-corrected chi connectivity index (χ0v) is 17.5. The molecule has 3 unspecified atom stereocenters. The molecule has 2 N–H and O–H groups in total. The van der Waals surface area contributed by atoms with E-state index in [-0.39, 0.29) is 17.6 Å². The Morgan fingerprint density at radius 2 is 1.94 bits per heavy atom. The normalized spacial score (nSPS) is 23.9. The molecule has 1 aromatic carbocycles. The molecule has 3 heterocycles. The number of aliphatic hydroxyl groups is 1. The fraction of sp³-hybridized carbons (Fsp3) is 0.478. The maximum Gasteiger partial charge on any atom is 0.267 e. The van der Waals surface area contributed by atoms with Crippen molar-refractivity contribution in [3.63, 3.8) is 0 Å². The van der Waals surface area contributed by atoms with Crippen LogP contribution in [0.2, 0.25) is 0 Å². The highest BCUT2D eigenvalue weighted by Gasteiger charge is 2.30. The van der Waals surface area contributed by atoms with Gasteiger partial charge in [-0.05, 0) is 56.7 Å². The number of fused-ring (bicyclic) bond motifs is 1. The van der Waals surface area contributed by atoms with Crippen LogP contribution >= 0.6 is 0 Å². The number of nitrogens with zero attached hydrogens (tertiary/aromatic N) is 5. The minimum Gasteiger partial charge on any atom is -0.391 e. The lowest BCUT2D eigenvalue weighted by Crippen LogP contribution is -2.45. The molecule has 5 rings (SSSR count). The Balaban J connectivity index is 1.38. The number of anilines is 2. The Morgan fingerprint density at radius 3 is 2.81 bits per heavy atom. The highest BCUT2D eigenvalue weighted by molar-refractivity contribution is 5.88. The first kappa shape index (κ1) is 19.9. The first-order valence-electron chi connectivity index (χ1n) is 11.2. The van der Waals surface area contributed by atoms with Gasteiger partial charge in [0.1, 0.15) is 18.0 Å². The molecular weight excluding hydrogens is 392 g/mol. The van der Waals surface area contributed by atoms with Crippen LogP contribution in [0.1, 0.15) is 44.6 Å². The van der Waals surface area contributed by atoms with Gasteiger partial charge in [-0.25, -0.2) is 14.6 Å². The fourth-order valence-corrected chi connectivity index (χ4v) is 4.89. The van der Waals surface area contributed by atoms with Crippen LogP contribution in [0.3, 0.4) is 0 Å². The summed E-state index contributed by atoms with van der Waals surface area (Å²) in [7, 11) is 0. The minimum absolute atomic E-state index is 0.145. The van der Waals surface area contributed by atoms with Crippen molar-refractivity contribution in [3.8, 4) is 0 Å². The van der Waals surface area contributed by atoms with E-state index >= 15 is 0 Å². The summed E-state index contributed by atoms with van der Waals surface area (Å²) in [5, 5.41) is 19.5. The molecule has 1 aliphatic heterocycles. The van der Waals surface area contributed by atoms with Crippen molar-refractivity contribution in [1.29, 1.82) is 0 Å². The lowest BCUT2D eigenvalue weighted by molar-refractivity contribution is 0.127. The number of para-hydroxylation sites is 1. The average molecular weight is 421 g/mol. The Hall–Kier alpha value is -3.00. The third kappa shape index (κ3) is 3.99. The Morgan fingerprint density at radius 1 is 1.03 bits per heavy atom. The lowest BCUT2D eigenvalue weighted by Gasteiger charge is -2.37. The summed E-state index contributed by atoms with van der Waals surface area (Å²) >= 11 is 0. The number of aromatic nitrogens is 4. The fourth-order valence-electron chi connectivity index (χ4n) is 4.89. The van der Waals surface area contributed by atoms with Crippen molar-refractivity contribution in [3.05, 3.63) is 53.1 Å². The van der Waals surface area contributed by atoms with Crippen molar-refractivity contribution in [1.82, 2.24) is 19.7 Å². The molecule has 0 radical (unpaired) electrons. The molecule has 2 fully saturated rings. The van der Waals surface area contributed by atoms with Gasteiger partial charge in [0.05, 0.1) is 17.7 Å². The van der Waals surface area contributed by atoms with Crippen LogP contribution in [-0.4, -0.2) is 50.1 Å². The average Bonchev–Trinajstić information content (AvgIpc) is 3.24. The first-order chi connectivity index (χ1) is 15.2. The zero-order valence-electron chi connectivity index (χ0n) is 17.5. The molecule has 8 heteroatoms. The predicted molar refractivity (Wildman–Crippen MR) is 120 cm³/mol. The van der Waals surface area contributed by atoms with E-state index in [2.05, 4.69) is 20.2 Å². The van der Waals surface area contributed by atoms with Gasteiger partial charge < -0.3 is 15.3 Å². The molecule has 31 heavy (non-hydrogen) atoms. The Bertz CT molecular complexity index is 1110. The highest BCUT2D eigenvalue weighted by atomic mass is 16.3. The van der Waals surface area contributed by atoms with Crippen molar-refractivity contribution < 1.29 is 5.11 Å². The smallest absolute Gasteiger partial charge is 0.267 e. The highest BCUT2D eigenvalue weighted by Crippen LogP contribution is 2.30. The van der Waals surface area contributed by atoms with Gasteiger partial charge in [0, 0.05) is 30.6 Å². The summed E-state index contributed by atoms with van der Waals surface area (Å²) in [6.45, 7) is 1.63. The number of benzene rings is 1. The quantitative estimate of drug-likeness (QED) is 0.655. The number of hydrogen-bond donors (Lipinski definition) is 2. The number of piperidine rings is 1. The SMILES string of the molecule is O=c1ccc(N2CCCCC2CNc2ncnc3ccccc23)nn1C1CCCC1O. The van der Waals surface area contributed by atoms with Gasteiger partial charge in [0.25, 0.3) is 5.56 Å². The van der Waals surface area contributed by atoms with Gasteiger partial charge in [-0.15, -0.1) is 0 Å². The molecule has 3 atom stereocenters. The molecule has 1 saturated carbocycles. The number of rotatable bonds is 5. The predicted octanol–water partition coefficient (Wildman–Crippen LogP) is 2.74. The number of aliphatic hydroxyl groups excluding tert-OH is 1. The standard InChI is InChI=1S/C23H28N6O2/c30-20-10-5-9-19(20)29-22(31)12-11-21(27-29)28-13-4-3-6-16(28)14-24-23-17-7-1-2-8-18(17)25-15-26-23/h1-2,7-8,11-12,15-16,19-20,30H,3-6,9-10,13-14H2,(H,24,25,26). The monoisotopic (exact) mass is 420 g/mol. The van der Waals surface area contributed by atoms with E-state index in [1.807, 2.05) is 30.3 Å². The van der Waals surface area contributed by atoms with Crippen LogP contribution in [0.5, 0.6) is 0 Å². The number of hydrogen-bond acceptors (Lipinski definition) is 7. The minimum atomic E-state index is -0.495. The van der Waals surface area contributed by atoms with E-state index in [9.17, 15) is 9.90 Å². The molecule has 2 aromatic heterocycles. The van der Waals surface area contributed by atoms with Gasteiger partial charge in [0.15, 0.2) is 0 Å².